The van der Waals surface area contributed by atoms with E-state index in [0.29, 0.717) is 10.6 Å². The highest BCUT2D eigenvalue weighted by atomic mass is 35.5. The third kappa shape index (κ3) is 2.62. The Labute approximate surface area is 90.1 Å². The van der Waals surface area contributed by atoms with Gasteiger partial charge in [0.15, 0.2) is 0 Å². The van der Waals surface area contributed by atoms with Crippen LogP contribution in [0.5, 0.6) is 0 Å². The van der Waals surface area contributed by atoms with Gasteiger partial charge < -0.3 is 5.73 Å². The summed E-state index contributed by atoms with van der Waals surface area (Å²) in [7, 11) is 0. The van der Waals surface area contributed by atoms with Crippen molar-refractivity contribution >= 4 is 29.3 Å². The van der Waals surface area contributed by atoms with Gasteiger partial charge in [-0.25, -0.2) is 4.98 Å². The van der Waals surface area contributed by atoms with Crippen molar-refractivity contribution in [3.8, 4) is 6.07 Å². The number of primary amides is 1. The van der Waals surface area contributed by atoms with E-state index in [-0.39, 0.29) is 10.8 Å². The van der Waals surface area contributed by atoms with Crippen LogP contribution in [0.1, 0.15) is 5.56 Å². The molecule has 0 radical (unpaired) electrons. The lowest BCUT2D eigenvalue weighted by Gasteiger charge is -2.01. The lowest BCUT2D eigenvalue weighted by atomic mass is 10.3. The number of aromatic nitrogens is 1. The summed E-state index contributed by atoms with van der Waals surface area (Å²) in [6.07, 6.45) is 1.47. The Kier molecular flexibility index (Phi) is 3.74. The average Bonchev–Trinajstić information content (AvgIpc) is 2.16. The third-order valence-corrected chi connectivity index (χ3v) is 2.84. The molecule has 0 saturated carbocycles. The maximum absolute atomic E-state index is 10.5. The van der Waals surface area contributed by atoms with Crippen molar-refractivity contribution in [2.75, 3.05) is 5.75 Å². The monoisotopic (exact) mass is 227 g/mol. The molecule has 0 aliphatic carbocycles. The quantitative estimate of drug-likeness (QED) is 0.787. The van der Waals surface area contributed by atoms with Gasteiger partial charge in [0.1, 0.15) is 11.1 Å². The number of amides is 1. The Balaban J connectivity index is 2.88. The van der Waals surface area contributed by atoms with Crippen molar-refractivity contribution in [1.29, 1.82) is 5.26 Å². The second-order valence-corrected chi connectivity index (χ2v) is 3.69. The molecule has 0 spiro atoms. The maximum atomic E-state index is 10.5. The fourth-order valence-electron chi connectivity index (χ4n) is 0.751. The fourth-order valence-corrected chi connectivity index (χ4v) is 1.72. The van der Waals surface area contributed by atoms with Crippen molar-refractivity contribution in [3.63, 3.8) is 0 Å². The summed E-state index contributed by atoms with van der Waals surface area (Å²) in [4.78, 5) is 14.4. The van der Waals surface area contributed by atoms with Crippen LogP contribution in [-0.4, -0.2) is 16.6 Å². The molecule has 0 aromatic carbocycles. The minimum Gasteiger partial charge on any atom is -0.369 e. The topological polar surface area (TPSA) is 79.8 Å². The van der Waals surface area contributed by atoms with Gasteiger partial charge >= 0.3 is 0 Å². The SMILES string of the molecule is N#Cc1ccnc(SCC(N)=O)c1Cl. The Hall–Kier alpha value is -1.25. The van der Waals surface area contributed by atoms with Gasteiger partial charge in [0, 0.05) is 6.20 Å². The summed E-state index contributed by atoms with van der Waals surface area (Å²) in [5.41, 5.74) is 5.31. The van der Waals surface area contributed by atoms with Crippen LogP contribution in [0.25, 0.3) is 0 Å². The second-order valence-electron chi connectivity index (χ2n) is 2.34. The Morgan fingerprint density at radius 2 is 2.50 bits per heavy atom. The number of nitrogens with zero attached hydrogens (tertiary/aromatic N) is 2. The van der Waals surface area contributed by atoms with Gasteiger partial charge in [0.05, 0.1) is 16.3 Å². The zero-order valence-electron chi connectivity index (χ0n) is 7.03. The highest BCUT2D eigenvalue weighted by Crippen LogP contribution is 2.26. The van der Waals surface area contributed by atoms with Gasteiger partial charge in [0.25, 0.3) is 0 Å². The molecule has 1 amide bonds. The molecule has 1 rings (SSSR count). The summed E-state index contributed by atoms with van der Waals surface area (Å²) >= 11 is 6.95. The van der Waals surface area contributed by atoms with Gasteiger partial charge in [-0.05, 0) is 6.07 Å². The molecule has 1 aromatic rings. The van der Waals surface area contributed by atoms with E-state index in [2.05, 4.69) is 4.98 Å². The summed E-state index contributed by atoms with van der Waals surface area (Å²) in [5.74, 6) is -0.350. The third-order valence-electron chi connectivity index (χ3n) is 1.33. The van der Waals surface area contributed by atoms with E-state index in [1.165, 1.54) is 12.3 Å². The highest BCUT2D eigenvalue weighted by Gasteiger charge is 2.08. The number of hydrogen-bond donors (Lipinski definition) is 1. The molecule has 4 nitrogen and oxygen atoms in total. The van der Waals surface area contributed by atoms with Crippen LogP contribution in [0.4, 0.5) is 0 Å². The maximum Gasteiger partial charge on any atom is 0.227 e. The molecule has 0 saturated heterocycles. The molecule has 6 heteroatoms. The number of carbonyl (C=O) groups excluding carboxylic acids is 1. The molecule has 0 atom stereocenters. The number of pyridine rings is 1. The van der Waals surface area contributed by atoms with Crippen molar-refractivity contribution in [1.82, 2.24) is 4.98 Å². The number of halogens is 1. The molecule has 1 heterocycles. The van der Waals surface area contributed by atoms with Crippen LogP contribution in [0.15, 0.2) is 17.3 Å². The van der Waals surface area contributed by atoms with E-state index in [0.717, 1.165) is 11.8 Å². The zero-order valence-corrected chi connectivity index (χ0v) is 8.60. The first-order valence-electron chi connectivity index (χ1n) is 3.61. The molecule has 14 heavy (non-hydrogen) atoms. The Morgan fingerprint density at radius 1 is 1.79 bits per heavy atom. The van der Waals surface area contributed by atoms with Gasteiger partial charge in [0.2, 0.25) is 5.91 Å². The standard InChI is InChI=1S/C8H6ClN3OS/c9-7-5(3-10)1-2-12-8(7)14-4-6(11)13/h1-2H,4H2,(H2,11,13). The van der Waals surface area contributed by atoms with Crippen LogP contribution in [-0.2, 0) is 4.79 Å². The molecule has 72 valence electrons. The van der Waals surface area contributed by atoms with Crippen molar-refractivity contribution in [3.05, 3.63) is 22.8 Å². The molecule has 0 bridgehead atoms. The zero-order chi connectivity index (χ0) is 10.6. The van der Waals surface area contributed by atoms with Crippen LogP contribution in [0.3, 0.4) is 0 Å². The predicted molar refractivity (Wildman–Crippen MR) is 53.9 cm³/mol. The van der Waals surface area contributed by atoms with Crippen molar-refractivity contribution in [2.45, 2.75) is 5.03 Å². The molecule has 2 N–H and O–H groups in total. The highest BCUT2D eigenvalue weighted by molar-refractivity contribution is 8.00. The lowest BCUT2D eigenvalue weighted by Crippen LogP contribution is -2.13. The largest absolute Gasteiger partial charge is 0.369 e. The van der Waals surface area contributed by atoms with E-state index < -0.39 is 5.91 Å². The molecule has 0 aliphatic rings. The summed E-state index contributed by atoms with van der Waals surface area (Å²) in [6.45, 7) is 0. The van der Waals surface area contributed by atoms with E-state index in [1.54, 1.807) is 0 Å². The van der Waals surface area contributed by atoms with E-state index in [4.69, 9.17) is 22.6 Å². The Bertz CT molecular complexity index is 402. The van der Waals surface area contributed by atoms with E-state index in [1.807, 2.05) is 6.07 Å². The molecule has 0 fully saturated rings. The van der Waals surface area contributed by atoms with Crippen molar-refractivity contribution < 1.29 is 4.79 Å². The average molecular weight is 228 g/mol. The normalized spacial score (nSPS) is 9.43. The van der Waals surface area contributed by atoms with Crippen LogP contribution >= 0.6 is 23.4 Å². The lowest BCUT2D eigenvalue weighted by molar-refractivity contribution is -0.115. The predicted octanol–water partition coefficient (Wildman–Crippen LogP) is 1.18. The summed E-state index contributed by atoms with van der Waals surface area (Å²) in [5, 5.41) is 9.37. The van der Waals surface area contributed by atoms with Crippen molar-refractivity contribution in [2.24, 2.45) is 5.73 Å². The first-order chi connectivity index (χ1) is 6.65. The van der Waals surface area contributed by atoms with Gasteiger partial charge in [-0.1, -0.05) is 23.4 Å². The van der Waals surface area contributed by atoms with E-state index in [9.17, 15) is 4.79 Å². The number of carbonyl (C=O) groups is 1. The van der Waals surface area contributed by atoms with E-state index >= 15 is 0 Å². The Morgan fingerprint density at radius 3 is 3.07 bits per heavy atom. The minimum atomic E-state index is -0.449. The molecule has 0 aliphatic heterocycles. The smallest absolute Gasteiger partial charge is 0.227 e. The first-order valence-corrected chi connectivity index (χ1v) is 4.97. The number of nitriles is 1. The summed E-state index contributed by atoms with van der Waals surface area (Å²) in [6, 6.07) is 3.43. The van der Waals surface area contributed by atoms with Gasteiger partial charge in [-0.3, -0.25) is 4.79 Å². The number of nitrogens with two attached hydrogens (primary N) is 1. The first kappa shape index (κ1) is 10.8. The van der Waals surface area contributed by atoms with Crippen LogP contribution in [0.2, 0.25) is 5.02 Å². The van der Waals surface area contributed by atoms with Crippen LogP contribution < -0.4 is 5.73 Å². The molecule has 0 unspecified atom stereocenters. The molecule has 1 aromatic heterocycles. The number of thioether (sulfide) groups is 1. The number of rotatable bonds is 3. The van der Waals surface area contributed by atoms with Gasteiger partial charge in [-0.15, -0.1) is 0 Å². The molecular weight excluding hydrogens is 222 g/mol. The summed E-state index contributed by atoms with van der Waals surface area (Å²) < 4.78 is 0. The number of hydrogen-bond acceptors (Lipinski definition) is 4. The second kappa shape index (κ2) is 4.84. The van der Waals surface area contributed by atoms with Gasteiger partial charge in [-0.2, -0.15) is 5.26 Å². The minimum absolute atomic E-state index is 0.0988. The van der Waals surface area contributed by atoms with Crippen LogP contribution in [0, 0.1) is 11.3 Å². The fraction of sp³-hybridized carbons (Fsp3) is 0.125. The molecular formula is C8H6ClN3OS.